The summed E-state index contributed by atoms with van der Waals surface area (Å²) in [5.41, 5.74) is 0.981. The first-order valence-corrected chi connectivity index (χ1v) is 10.8. The van der Waals surface area contributed by atoms with E-state index in [1.165, 1.54) is 12.8 Å². The summed E-state index contributed by atoms with van der Waals surface area (Å²) in [4.78, 5) is 0. The third kappa shape index (κ3) is 1.16. The molecule has 0 nitrogen and oxygen atoms in total. The van der Waals surface area contributed by atoms with Gasteiger partial charge in [0.05, 0.1) is 0 Å². The molecule has 3 unspecified atom stereocenters. The zero-order chi connectivity index (χ0) is 7.14. The van der Waals surface area contributed by atoms with Crippen LogP contribution in [0.3, 0.4) is 0 Å². The molecule has 1 fully saturated rings. The fourth-order valence-corrected chi connectivity index (χ4v) is 6.97. The van der Waals surface area contributed by atoms with Crippen molar-refractivity contribution in [2.45, 2.75) is 18.4 Å². The molecule has 10 heavy (non-hydrogen) atoms. The van der Waals surface area contributed by atoms with Gasteiger partial charge in [0, 0.05) is 0 Å². The van der Waals surface area contributed by atoms with Crippen molar-refractivity contribution in [2.24, 2.45) is 11.8 Å². The lowest BCUT2D eigenvalue weighted by atomic mass is 10.1. The second-order valence-corrected chi connectivity index (χ2v) is 14.4. The number of halogens is 2. The zero-order valence-corrected chi connectivity index (χ0v) is 9.96. The van der Waals surface area contributed by atoms with Crippen molar-refractivity contribution >= 4 is 36.6 Å². The van der Waals surface area contributed by atoms with E-state index in [4.69, 9.17) is 0 Å². The molecule has 2 rings (SSSR count). The maximum atomic E-state index is 3.72. The summed E-state index contributed by atoms with van der Waals surface area (Å²) in [7, 11) is 0. The van der Waals surface area contributed by atoms with Crippen molar-refractivity contribution in [2.75, 3.05) is 0 Å². The van der Waals surface area contributed by atoms with Crippen LogP contribution in [0.5, 0.6) is 0 Å². The van der Waals surface area contributed by atoms with E-state index in [1.807, 2.05) is 0 Å². The fraction of sp³-hybridized carbons (Fsp3) is 0.714. The minimum absolute atomic E-state index is 0.694. The predicted octanol–water partition coefficient (Wildman–Crippen LogP) is 2.96. The van der Waals surface area contributed by atoms with E-state index in [0.29, 0.717) is 0 Å². The summed E-state index contributed by atoms with van der Waals surface area (Å²) in [5, 5.41) is 0. The zero-order valence-electron chi connectivity index (χ0n) is 5.63. The molecular weight excluding hydrogens is 272 g/mol. The first-order valence-electron chi connectivity index (χ1n) is 3.74. The topological polar surface area (TPSA) is 0 Å². The number of allylic oxidation sites excluding steroid dienone is 2. The van der Waals surface area contributed by atoms with Crippen LogP contribution in [0.1, 0.15) is 12.8 Å². The van der Waals surface area contributed by atoms with E-state index in [-0.39, 0.29) is 0 Å². The summed E-state index contributed by atoms with van der Waals surface area (Å²) in [6, 6.07) is -0.694. The molecule has 0 amide bonds. The molecule has 0 aromatic rings. The van der Waals surface area contributed by atoms with Crippen LogP contribution in [0, 0.1) is 11.8 Å². The van der Waals surface area contributed by atoms with Crippen LogP contribution < -0.4 is 0 Å². The molecule has 0 radical (unpaired) electrons. The molecule has 56 valence electrons. The highest BCUT2D eigenvalue weighted by atomic mass is 79.9. The Kier molecular flexibility index (Phi) is 2.08. The molecular formula is C7H10Br2Si. The average Bonchev–Trinajstić information content (AvgIpc) is 2.44. The van der Waals surface area contributed by atoms with Crippen molar-refractivity contribution in [1.82, 2.24) is 0 Å². The molecule has 0 heterocycles. The maximum Gasteiger partial charge on any atom is 0.190 e. The minimum atomic E-state index is -0.694. The maximum absolute atomic E-state index is 3.72. The van der Waals surface area contributed by atoms with Crippen molar-refractivity contribution in [3.8, 4) is 0 Å². The van der Waals surface area contributed by atoms with E-state index in [9.17, 15) is 0 Å². The molecule has 2 aliphatic carbocycles. The second-order valence-electron chi connectivity index (χ2n) is 3.28. The molecule has 0 N–H and O–H groups in total. The summed E-state index contributed by atoms with van der Waals surface area (Å²) in [5.74, 6) is 1.85. The van der Waals surface area contributed by atoms with Gasteiger partial charge in [-0.05, 0) is 30.2 Å². The molecule has 0 aromatic heterocycles. The largest absolute Gasteiger partial charge is 0.190 e. The first kappa shape index (κ1) is 7.56. The Morgan fingerprint density at radius 2 is 2.00 bits per heavy atom. The Labute approximate surface area is 78.8 Å². The molecule has 0 saturated heterocycles. The van der Waals surface area contributed by atoms with Crippen LogP contribution in [0.15, 0.2) is 12.2 Å². The normalized spacial score (nSPS) is 43.7. The van der Waals surface area contributed by atoms with Gasteiger partial charge in [0.2, 0.25) is 0 Å². The number of fused-ring (bicyclic) bond motifs is 2. The molecule has 0 aromatic carbocycles. The van der Waals surface area contributed by atoms with Gasteiger partial charge in [-0.2, -0.15) is 0 Å². The van der Waals surface area contributed by atoms with Crippen LogP contribution in [0.2, 0.25) is 5.54 Å². The quantitative estimate of drug-likeness (QED) is 0.394. The molecule has 0 spiro atoms. The molecule has 2 bridgehead atoms. The van der Waals surface area contributed by atoms with Gasteiger partial charge in [-0.15, -0.1) is 30.6 Å². The molecule has 1 saturated carbocycles. The monoisotopic (exact) mass is 280 g/mol. The SMILES string of the molecule is Br[SiH](Br)C1CC2C=CC1C2. The minimum Gasteiger partial charge on any atom is -0.115 e. The van der Waals surface area contributed by atoms with Gasteiger partial charge >= 0.3 is 0 Å². The highest BCUT2D eigenvalue weighted by Gasteiger charge is 2.38. The van der Waals surface area contributed by atoms with E-state index in [1.54, 1.807) is 0 Å². The third-order valence-electron chi connectivity index (χ3n) is 2.65. The third-order valence-corrected chi connectivity index (χ3v) is 8.14. The molecule has 0 aliphatic heterocycles. The lowest BCUT2D eigenvalue weighted by Crippen LogP contribution is -2.10. The van der Waals surface area contributed by atoms with E-state index in [2.05, 4.69) is 42.7 Å². The summed E-state index contributed by atoms with van der Waals surface area (Å²) in [6.07, 6.45) is 7.69. The fourth-order valence-electron chi connectivity index (χ4n) is 2.11. The summed E-state index contributed by atoms with van der Waals surface area (Å²) < 4.78 is 0. The van der Waals surface area contributed by atoms with E-state index in [0.717, 1.165) is 17.4 Å². The summed E-state index contributed by atoms with van der Waals surface area (Å²) in [6.45, 7) is 0. The van der Waals surface area contributed by atoms with Crippen molar-refractivity contribution in [3.63, 3.8) is 0 Å². The first-order chi connectivity index (χ1) is 4.77. The van der Waals surface area contributed by atoms with E-state index >= 15 is 0 Å². The number of hydrogen-bond donors (Lipinski definition) is 0. The Hall–Kier alpha value is 0.917. The van der Waals surface area contributed by atoms with Gasteiger partial charge in [-0.25, -0.2) is 0 Å². The van der Waals surface area contributed by atoms with Crippen molar-refractivity contribution in [1.29, 1.82) is 0 Å². The van der Waals surface area contributed by atoms with Crippen molar-refractivity contribution in [3.05, 3.63) is 12.2 Å². The van der Waals surface area contributed by atoms with Gasteiger partial charge in [0.15, 0.2) is 6.04 Å². The van der Waals surface area contributed by atoms with Crippen LogP contribution in [-0.4, -0.2) is 6.04 Å². The van der Waals surface area contributed by atoms with Crippen LogP contribution in [0.4, 0.5) is 0 Å². The Morgan fingerprint density at radius 3 is 2.30 bits per heavy atom. The van der Waals surface area contributed by atoms with Gasteiger partial charge in [-0.3, -0.25) is 0 Å². The predicted molar refractivity (Wildman–Crippen MR) is 54.1 cm³/mol. The lowest BCUT2D eigenvalue weighted by Gasteiger charge is -2.17. The second kappa shape index (κ2) is 2.76. The smallest absolute Gasteiger partial charge is 0.115 e. The lowest BCUT2D eigenvalue weighted by molar-refractivity contribution is 0.691. The molecule has 2 aliphatic rings. The van der Waals surface area contributed by atoms with Gasteiger partial charge in [0.1, 0.15) is 0 Å². The molecule has 3 heteroatoms. The number of hydrogen-bond acceptors (Lipinski definition) is 0. The van der Waals surface area contributed by atoms with Gasteiger partial charge in [-0.1, -0.05) is 12.2 Å². The van der Waals surface area contributed by atoms with Gasteiger partial charge in [0.25, 0.3) is 0 Å². The molecule has 3 atom stereocenters. The Balaban J connectivity index is 2.09. The average molecular weight is 282 g/mol. The van der Waals surface area contributed by atoms with E-state index < -0.39 is 6.04 Å². The van der Waals surface area contributed by atoms with Crippen LogP contribution in [-0.2, 0) is 0 Å². The Bertz CT molecular complexity index is 167. The van der Waals surface area contributed by atoms with Crippen molar-refractivity contribution < 1.29 is 0 Å². The van der Waals surface area contributed by atoms with Crippen LogP contribution in [0.25, 0.3) is 0 Å². The highest BCUT2D eigenvalue weighted by molar-refractivity contribution is 9.49. The van der Waals surface area contributed by atoms with Crippen LogP contribution >= 0.6 is 30.6 Å². The standard InChI is InChI=1S/C7H10Br2Si/c8-10(9)7-4-5-1-2-6(7)3-5/h1-2,5-7,10H,3-4H2. The highest BCUT2D eigenvalue weighted by Crippen LogP contribution is 2.50. The van der Waals surface area contributed by atoms with Gasteiger partial charge < -0.3 is 0 Å². The Morgan fingerprint density at radius 1 is 1.20 bits per heavy atom. The number of rotatable bonds is 1. The summed E-state index contributed by atoms with van der Waals surface area (Å²) >= 11 is 7.45.